The molecule has 1 aromatic heterocycles. The van der Waals surface area contributed by atoms with Gasteiger partial charge < -0.3 is 10.3 Å². The molecule has 1 fully saturated rings. The van der Waals surface area contributed by atoms with Crippen LogP contribution in [0.5, 0.6) is 0 Å². The van der Waals surface area contributed by atoms with E-state index in [4.69, 9.17) is 0 Å². The normalized spacial score (nSPS) is 17.7. The number of hydrogen-bond donors (Lipinski definition) is 2. The largest absolute Gasteiger partial charge is 0.355 e. The number of carbonyl (C=O) groups excluding carboxylic acids is 1. The Morgan fingerprint density at radius 3 is 2.43 bits per heavy atom. The smallest absolute Gasteiger partial charge is 0.260 e. The molecule has 1 saturated carbocycles. The van der Waals surface area contributed by atoms with Crippen molar-refractivity contribution in [3.8, 4) is 11.3 Å². The van der Waals surface area contributed by atoms with Gasteiger partial charge in [-0.05, 0) is 47.9 Å². The Morgan fingerprint density at radius 1 is 1.11 bits per heavy atom. The molecule has 1 heterocycles. The molecule has 0 aliphatic heterocycles. The number of amides is 1. The molecule has 1 unspecified atom stereocenters. The maximum atomic E-state index is 14.2. The Bertz CT molecular complexity index is 1060. The number of H-pyrrole nitrogens is 1. The predicted molar refractivity (Wildman–Crippen MR) is 93.4 cm³/mol. The van der Waals surface area contributed by atoms with E-state index in [-0.39, 0.29) is 23.9 Å². The zero-order valence-corrected chi connectivity index (χ0v) is 14.5. The van der Waals surface area contributed by atoms with Gasteiger partial charge in [0.2, 0.25) is 5.91 Å². The summed E-state index contributed by atoms with van der Waals surface area (Å²) in [5.41, 5.74) is 1.58. The summed E-state index contributed by atoms with van der Waals surface area (Å²) < 4.78 is 67.1. The topological polar surface area (TPSA) is 44.9 Å². The van der Waals surface area contributed by atoms with Crippen LogP contribution in [0.1, 0.15) is 12.0 Å². The number of aromatic amines is 1. The first-order valence-electron chi connectivity index (χ1n) is 8.67. The van der Waals surface area contributed by atoms with Gasteiger partial charge in [0.15, 0.2) is 0 Å². The Balaban J connectivity index is 1.65. The fraction of sp³-hybridized carbons (Fsp3) is 0.250. The monoisotopic (exact) mass is 394 g/mol. The molecule has 146 valence electrons. The number of alkyl halides is 2. The van der Waals surface area contributed by atoms with Gasteiger partial charge in [-0.2, -0.15) is 0 Å². The second-order valence-corrected chi connectivity index (χ2v) is 6.85. The molecule has 0 bridgehead atoms. The average Bonchev–Trinajstić information content (AvgIpc) is 3.12. The minimum absolute atomic E-state index is 0.0185. The van der Waals surface area contributed by atoms with Crippen molar-refractivity contribution in [1.29, 1.82) is 0 Å². The minimum atomic E-state index is -2.96. The van der Waals surface area contributed by atoms with E-state index in [2.05, 4.69) is 10.3 Å². The van der Waals surface area contributed by atoms with Crippen LogP contribution in [-0.4, -0.2) is 23.4 Å². The van der Waals surface area contributed by atoms with Crippen molar-refractivity contribution < 1.29 is 26.7 Å². The first-order chi connectivity index (χ1) is 13.3. The molecule has 4 rings (SSSR count). The lowest BCUT2D eigenvalue weighted by Crippen LogP contribution is -2.29. The van der Waals surface area contributed by atoms with Crippen molar-refractivity contribution in [3.05, 3.63) is 59.4 Å². The highest BCUT2D eigenvalue weighted by atomic mass is 19.3. The van der Waals surface area contributed by atoms with Crippen LogP contribution in [0.3, 0.4) is 0 Å². The van der Waals surface area contributed by atoms with E-state index in [9.17, 15) is 26.7 Å². The van der Waals surface area contributed by atoms with Gasteiger partial charge in [0, 0.05) is 30.1 Å². The first kappa shape index (κ1) is 18.5. The van der Waals surface area contributed by atoms with Crippen LogP contribution < -0.4 is 5.32 Å². The van der Waals surface area contributed by atoms with E-state index in [1.54, 1.807) is 0 Å². The molecular formula is C20H15F5N2O. The van der Waals surface area contributed by atoms with Crippen molar-refractivity contribution in [2.24, 2.45) is 5.92 Å². The quantitative estimate of drug-likeness (QED) is 0.612. The Hall–Kier alpha value is -2.90. The average molecular weight is 394 g/mol. The Kier molecular flexibility index (Phi) is 4.36. The third kappa shape index (κ3) is 3.34. The van der Waals surface area contributed by atoms with Gasteiger partial charge in [-0.1, -0.05) is 0 Å². The van der Waals surface area contributed by atoms with Gasteiger partial charge in [0.05, 0.1) is 5.52 Å². The summed E-state index contributed by atoms with van der Waals surface area (Å²) in [4.78, 5) is 14.6. The molecule has 1 aliphatic carbocycles. The van der Waals surface area contributed by atoms with E-state index < -0.39 is 41.6 Å². The molecule has 8 heteroatoms. The SMILES string of the molecule is O=C(NCCc1c(-c2ccc(F)cc2)[nH]c2c(F)cc(F)cc12)C1CC1(F)F. The maximum Gasteiger partial charge on any atom is 0.260 e. The number of hydrogen-bond acceptors (Lipinski definition) is 1. The molecule has 1 amide bonds. The standard InChI is InChI=1S/C20H15F5N2O/c21-11-3-1-10(2-4-11)17-13(5-6-26-19(28)15-9-20(15,24)25)14-7-12(22)8-16(23)18(14)27-17/h1-4,7-8,15,27H,5-6,9H2,(H,26,28). The van der Waals surface area contributed by atoms with Gasteiger partial charge in [-0.3, -0.25) is 4.79 Å². The molecule has 1 aliphatic rings. The molecule has 0 saturated heterocycles. The van der Waals surface area contributed by atoms with Crippen LogP contribution in [0, 0.1) is 23.4 Å². The van der Waals surface area contributed by atoms with Crippen LogP contribution in [0.15, 0.2) is 36.4 Å². The van der Waals surface area contributed by atoms with Crippen LogP contribution >= 0.6 is 0 Å². The van der Waals surface area contributed by atoms with E-state index in [1.807, 2.05) is 0 Å². The summed E-state index contributed by atoms with van der Waals surface area (Å²) in [6.45, 7) is 0.0185. The summed E-state index contributed by atoms with van der Waals surface area (Å²) in [5, 5.41) is 2.72. The summed E-state index contributed by atoms with van der Waals surface area (Å²) in [6.07, 6.45) is -0.317. The molecule has 3 aromatic rings. The molecule has 2 N–H and O–H groups in total. The highest BCUT2D eigenvalue weighted by molar-refractivity contribution is 5.91. The lowest BCUT2D eigenvalue weighted by molar-refractivity contribution is -0.124. The number of rotatable bonds is 5. The fourth-order valence-corrected chi connectivity index (χ4v) is 3.33. The summed E-state index contributed by atoms with van der Waals surface area (Å²) >= 11 is 0. The summed E-state index contributed by atoms with van der Waals surface area (Å²) in [7, 11) is 0. The molecule has 1 atom stereocenters. The van der Waals surface area contributed by atoms with Crippen molar-refractivity contribution >= 4 is 16.8 Å². The van der Waals surface area contributed by atoms with E-state index in [0.717, 1.165) is 12.1 Å². The van der Waals surface area contributed by atoms with E-state index in [0.29, 0.717) is 16.8 Å². The lowest BCUT2D eigenvalue weighted by atomic mass is 10.0. The van der Waals surface area contributed by atoms with Crippen LogP contribution in [0.2, 0.25) is 0 Å². The number of carbonyl (C=O) groups is 1. The Labute approximate surface area is 156 Å². The second-order valence-electron chi connectivity index (χ2n) is 6.85. The minimum Gasteiger partial charge on any atom is -0.355 e. The van der Waals surface area contributed by atoms with Crippen molar-refractivity contribution in [3.63, 3.8) is 0 Å². The highest BCUT2D eigenvalue weighted by Gasteiger charge is 2.61. The number of benzene rings is 2. The molecule has 0 spiro atoms. The van der Waals surface area contributed by atoms with Crippen molar-refractivity contribution in [2.75, 3.05) is 6.54 Å². The molecular weight excluding hydrogens is 379 g/mol. The zero-order valence-electron chi connectivity index (χ0n) is 14.5. The predicted octanol–water partition coefficient (Wildman–Crippen LogP) is 4.57. The first-order valence-corrected chi connectivity index (χ1v) is 8.67. The highest BCUT2D eigenvalue weighted by Crippen LogP contribution is 2.48. The van der Waals surface area contributed by atoms with Crippen LogP contribution in [-0.2, 0) is 11.2 Å². The van der Waals surface area contributed by atoms with Crippen molar-refractivity contribution in [2.45, 2.75) is 18.8 Å². The molecule has 2 aromatic carbocycles. The van der Waals surface area contributed by atoms with E-state index >= 15 is 0 Å². The van der Waals surface area contributed by atoms with Gasteiger partial charge in [-0.15, -0.1) is 0 Å². The van der Waals surface area contributed by atoms with Gasteiger partial charge >= 0.3 is 0 Å². The van der Waals surface area contributed by atoms with Gasteiger partial charge in [0.1, 0.15) is 23.4 Å². The third-order valence-electron chi connectivity index (χ3n) is 4.88. The molecule has 28 heavy (non-hydrogen) atoms. The van der Waals surface area contributed by atoms with Gasteiger partial charge in [0.25, 0.3) is 5.92 Å². The summed E-state index contributed by atoms with van der Waals surface area (Å²) in [5.74, 6) is -7.02. The van der Waals surface area contributed by atoms with Crippen molar-refractivity contribution in [1.82, 2.24) is 10.3 Å². The number of nitrogens with one attached hydrogen (secondary N) is 2. The molecule has 0 radical (unpaired) electrons. The van der Waals surface area contributed by atoms with Crippen LogP contribution in [0.25, 0.3) is 22.2 Å². The molecule has 3 nitrogen and oxygen atoms in total. The zero-order chi connectivity index (χ0) is 20.1. The second kappa shape index (κ2) is 6.61. The number of aromatic nitrogens is 1. The summed E-state index contributed by atoms with van der Waals surface area (Å²) in [6, 6.07) is 7.35. The number of halogens is 5. The van der Waals surface area contributed by atoms with Crippen LogP contribution in [0.4, 0.5) is 22.0 Å². The van der Waals surface area contributed by atoms with Gasteiger partial charge in [-0.25, -0.2) is 22.0 Å². The third-order valence-corrected chi connectivity index (χ3v) is 4.88. The lowest BCUT2D eigenvalue weighted by Gasteiger charge is -2.07. The van der Waals surface area contributed by atoms with E-state index in [1.165, 1.54) is 24.3 Å². The Morgan fingerprint density at radius 2 is 1.79 bits per heavy atom. The maximum absolute atomic E-state index is 14.2. The number of fused-ring (bicyclic) bond motifs is 1. The fourth-order valence-electron chi connectivity index (χ4n) is 3.33.